The first-order valence-electron chi connectivity index (χ1n) is 12.2. The van der Waals surface area contributed by atoms with Gasteiger partial charge in [-0.3, -0.25) is 9.59 Å². The summed E-state index contributed by atoms with van der Waals surface area (Å²) < 4.78 is 4.64. The third-order valence-corrected chi connectivity index (χ3v) is 5.99. The monoisotopic (exact) mass is 486 g/mol. The van der Waals surface area contributed by atoms with E-state index in [0.29, 0.717) is 17.5 Å². The van der Waals surface area contributed by atoms with E-state index in [1.165, 1.54) is 30.4 Å². The van der Waals surface area contributed by atoms with E-state index < -0.39 is 12.1 Å². The minimum atomic E-state index is -1.01. The Kier molecular flexibility index (Phi) is 13.1. The fourth-order valence-electron chi connectivity index (χ4n) is 3.81. The van der Waals surface area contributed by atoms with Gasteiger partial charge in [0.05, 0.1) is 13.5 Å². The number of aromatic hydroxyl groups is 2. The minimum Gasteiger partial charge on any atom is -0.508 e. The highest BCUT2D eigenvalue weighted by Crippen LogP contribution is 2.29. The summed E-state index contributed by atoms with van der Waals surface area (Å²) in [4.78, 5) is 23.7. The maximum Gasteiger partial charge on any atom is 0.310 e. The number of phenolic OH excluding ortho intramolecular Hbond substituents is 2. The molecule has 35 heavy (non-hydrogen) atoms. The first-order valence-corrected chi connectivity index (χ1v) is 12.2. The Hall–Kier alpha value is -2.86. The van der Waals surface area contributed by atoms with Crippen molar-refractivity contribution in [2.24, 2.45) is 5.92 Å². The highest BCUT2D eigenvalue weighted by Gasteiger charge is 2.19. The third kappa shape index (κ3) is 11.4. The minimum absolute atomic E-state index is 0.00350. The summed E-state index contributed by atoms with van der Waals surface area (Å²) in [5, 5.41) is 30.3. The van der Waals surface area contributed by atoms with Gasteiger partial charge in [0.1, 0.15) is 17.6 Å². The van der Waals surface area contributed by atoms with Crippen LogP contribution in [0.4, 0.5) is 0 Å². The first-order chi connectivity index (χ1) is 16.4. The Balaban J connectivity index is 2.53. The summed E-state index contributed by atoms with van der Waals surface area (Å²) in [5.74, 6) is -0.754. The van der Waals surface area contributed by atoms with Gasteiger partial charge in [0, 0.05) is 17.0 Å². The van der Waals surface area contributed by atoms with E-state index in [4.69, 9.17) is 0 Å². The quantitative estimate of drug-likeness (QED) is 0.176. The van der Waals surface area contributed by atoms with E-state index in [1.54, 1.807) is 6.08 Å². The number of carbonyl (C=O) groups excluding carboxylic acids is 2. The number of benzene rings is 1. The largest absolute Gasteiger partial charge is 0.508 e. The lowest BCUT2D eigenvalue weighted by Crippen LogP contribution is -2.25. The molecule has 2 unspecified atom stereocenters. The molecule has 0 radical (unpaired) electrons. The van der Waals surface area contributed by atoms with Gasteiger partial charge in [0.2, 0.25) is 0 Å². The van der Waals surface area contributed by atoms with Crippen LogP contribution >= 0.6 is 0 Å². The lowest BCUT2D eigenvalue weighted by Gasteiger charge is -2.13. The number of carbonyl (C=O) groups is 2. The maximum absolute atomic E-state index is 12.2. The van der Waals surface area contributed by atoms with Crippen LogP contribution in [0.15, 0.2) is 47.1 Å². The molecule has 1 rings (SSSR count). The summed E-state index contributed by atoms with van der Waals surface area (Å²) >= 11 is 0. The van der Waals surface area contributed by atoms with E-state index in [9.17, 15) is 24.9 Å². The summed E-state index contributed by atoms with van der Waals surface area (Å²) in [6, 6.07) is 2.89. The van der Waals surface area contributed by atoms with Crippen molar-refractivity contribution in [2.45, 2.75) is 85.7 Å². The molecular weight excluding hydrogens is 444 g/mol. The Morgan fingerprint density at radius 2 is 1.63 bits per heavy atom. The number of allylic oxidation sites excluding steroid dienone is 5. The number of rotatable bonds is 14. The Morgan fingerprint density at radius 1 is 1.00 bits per heavy atom. The number of hydrogen-bond acceptors (Lipinski definition) is 6. The average Bonchev–Trinajstić information content (AvgIpc) is 2.78. The zero-order valence-corrected chi connectivity index (χ0v) is 22.1. The molecule has 3 N–H and O–H groups in total. The molecule has 0 amide bonds. The van der Waals surface area contributed by atoms with Crippen LogP contribution in [0.3, 0.4) is 0 Å². The molecule has 2 atom stereocenters. The summed E-state index contributed by atoms with van der Waals surface area (Å²) in [7, 11) is 1.28. The smallest absolute Gasteiger partial charge is 0.310 e. The number of methoxy groups -OCH3 is 1. The number of esters is 1. The van der Waals surface area contributed by atoms with Crippen molar-refractivity contribution in [3.63, 3.8) is 0 Å². The molecule has 0 saturated heterocycles. The standard InChI is InChI=1S/C29H42O6/c1-19(2)15-26(31)28(33)22(5)12-8-11-20(3)9-7-10-21(4)13-14-23-16-25(30)17-24(29(23)34)18-27(32)35-6/h9,13,15-17,22,26,30-31,34H,7-8,10-12,14,18H2,1-6H3/b20-9+,21-13+. The van der Waals surface area contributed by atoms with Gasteiger partial charge in [-0.05, 0) is 78.4 Å². The van der Waals surface area contributed by atoms with Gasteiger partial charge >= 0.3 is 5.97 Å². The molecule has 0 saturated carbocycles. The van der Waals surface area contributed by atoms with Gasteiger partial charge in [-0.1, -0.05) is 41.9 Å². The lowest BCUT2D eigenvalue weighted by atomic mass is 9.94. The van der Waals surface area contributed by atoms with Crippen LogP contribution < -0.4 is 0 Å². The third-order valence-electron chi connectivity index (χ3n) is 5.99. The van der Waals surface area contributed by atoms with Crippen molar-refractivity contribution in [2.75, 3.05) is 7.11 Å². The Bertz CT molecular complexity index is 950. The number of ether oxygens (including phenoxy) is 1. The molecule has 0 fully saturated rings. The predicted molar refractivity (Wildman–Crippen MR) is 139 cm³/mol. The second-order valence-electron chi connectivity index (χ2n) is 9.59. The fourth-order valence-corrected chi connectivity index (χ4v) is 3.81. The van der Waals surface area contributed by atoms with Crippen molar-refractivity contribution in [1.29, 1.82) is 0 Å². The zero-order valence-electron chi connectivity index (χ0n) is 22.1. The second-order valence-corrected chi connectivity index (χ2v) is 9.59. The first kappa shape index (κ1) is 30.2. The van der Waals surface area contributed by atoms with Gasteiger partial charge in [-0.2, -0.15) is 0 Å². The van der Waals surface area contributed by atoms with Gasteiger partial charge in [-0.25, -0.2) is 0 Å². The van der Waals surface area contributed by atoms with E-state index in [0.717, 1.165) is 37.7 Å². The molecule has 0 aromatic heterocycles. The molecule has 0 aliphatic heterocycles. The van der Waals surface area contributed by atoms with Crippen LogP contribution in [-0.4, -0.2) is 40.3 Å². The Morgan fingerprint density at radius 3 is 2.26 bits per heavy atom. The highest BCUT2D eigenvalue weighted by molar-refractivity contribution is 5.86. The van der Waals surface area contributed by atoms with Gasteiger partial charge in [-0.15, -0.1) is 0 Å². The number of ketones is 1. The van der Waals surface area contributed by atoms with Crippen molar-refractivity contribution in [3.05, 3.63) is 58.2 Å². The van der Waals surface area contributed by atoms with E-state index in [2.05, 4.69) is 17.7 Å². The molecule has 0 bridgehead atoms. The van der Waals surface area contributed by atoms with Crippen molar-refractivity contribution >= 4 is 11.8 Å². The summed E-state index contributed by atoms with van der Waals surface area (Å²) in [6.45, 7) is 9.74. The Labute approximate surface area is 210 Å². The second kappa shape index (κ2) is 15.2. The van der Waals surface area contributed by atoms with Crippen molar-refractivity contribution < 1.29 is 29.6 Å². The number of aliphatic hydroxyl groups is 1. The molecular formula is C29H42O6. The highest BCUT2D eigenvalue weighted by atomic mass is 16.5. The molecule has 0 spiro atoms. The van der Waals surface area contributed by atoms with Crippen LogP contribution in [-0.2, 0) is 27.2 Å². The number of hydrogen-bond donors (Lipinski definition) is 3. The molecule has 1 aromatic carbocycles. The predicted octanol–water partition coefficient (Wildman–Crippen LogP) is 5.73. The van der Waals surface area contributed by atoms with Crippen molar-refractivity contribution in [1.82, 2.24) is 0 Å². The van der Waals surface area contributed by atoms with E-state index >= 15 is 0 Å². The van der Waals surface area contributed by atoms with Crippen LogP contribution in [0.5, 0.6) is 11.5 Å². The molecule has 1 aromatic rings. The van der Waals surface area contributed by atoms with Crippen LogP contribution in [0.25, 0.3) is 0 Å². The normalized spacial score (nSPS) is 13.8. The average molecular weight is 487 g/mol. The molecule has 0 aliphatic rings. The number of phenols is 2. The maximum atomic E-state index is 12.2. The zero-order chi connectivity index (χ0) is 26.5. The number of Topliss-reactive ketones (excluding diaryl/α,β-unsaturated/α-hetero) is 1. The number of aliphatic hydroxyl groups excluding tert-OH is 1. The molecule has 0 heterocycles. The lowest BCUT2D eigenvalue weighted by molar-refractivity contribution is -0.139. The van der Waals surface area contributed by atoms with Gasteiger partial charge in [0.25, 0.3) is 0 Å². The molecule has 0 aliphatic carbocycles. The van der Waals surface area contributed by atoms with Crippen molar-refractivity contribution in [3.8, 4) is 11.5 Å². The van der Waals surface area contributed by atoms with E-state index in [1.807, 2.05) is 33.8 Å². The van der Waals surface area contributed by atoms with Gasteiger partial charge < -0.3 is 20.1 Å². The van der Waals surface area contributed by atoms with E-state index in [-0.39, 0.29) is 29.6 Å². The molecule has 6 heteroatoms. The van der Waals surface area contributed by atoms with Crippen LogP contribution in [0.1, 0.15) is 77.8 Å². The SMILES string of the molecule is COC(=O)Cc1cc(O)cc(C/C=C(\C)CC/C=C(\C)CCCC(C)C(=O)C(O)C=C(C)C)c1O. The molecule has 6 nitrogen and oxygen atoms in total. The van der Waals surface area contributed by atoms with Crippen LogP contribution in [0.2, 0.25) is 0 Å². The summed E-state index contributed by atoms with van der Waals surface area (Å²) in [5.41, 5.74) is 4.29. The van der Waals surface area contributed by atoms with Gasteiger partial charge in [0.15, 0.2) is 5.78 Å². The topological polar surface area (TPSA) is 104 Å². The van der Waals surface area contributed by atoms with Crippen LogP contribution in [0, 0.1) is 5.92 Å². The summed E-state index contributed by atoms with van der Waals surface area (Å²) in [6.07, 6.45) is 9.50. The molecule has 194 valence electrons. The fraction of sp³-hybridized carbons (Fsp3) is 0.517.